The van der Waals surface area contributed by atoms with Crippen LogP contribution in [0.25, 0.3) is 11.0 Å². The fraction of sp³-hybridized carbons (Fsp3) is 0.321. The molecule has 0 aliphatic heterocycles. The zero-order valence-corrected chi connectivity index (χ0v) is 21.3. The van der Waals surface area contributed by atoms with Crippen LogP contribution in [0.1, 0.15) is 42.9 Å². The van der Waals surface area contributed by atoms with Crippen LogP contribution in [0.5, 0.6) is 0 Å². The Kier molecular flexibility index (Phi) is 7.98. The molecule has 1 amide bonds. The molecule has 2 aromatic heterocycles. The largest absolute Gasteiger partial charge is 0.466 e. The number of amides is 1. The van der Waals surface area contributed by atoms with Gasteiger partial charge in [-0.2, -0.15) is 5.26 Å². The van der Waals surface area contributed by atoms with E-state index in [9.17, 15) is 9.59 Å². The number of nitrogens with one attached hydrogen (secondary N) is 1. The molecule has 0 bridgehead atoms. The number of ether oxygens (including phenoxy) is 1. The summed E-state index contributed by atoms with van der Waals surface area (Å²) in [5.41, 5.74) is 3.90. The molecule has 0 fully saturated rings. The number of benzene rings is 1. The Morgan fingerprint density at radius 2 is 2.11 bits per heavy atom. The maximum absolute atomic E-state index is 13.5. The van der Waals surface area contributed by atoms with Crippen LogP contribution in [-0.2, 0) is 23.1 Å². The van der Waals surface area contributed by atoms with Crippen molar-refractivity contribution in [3.8, 4) is 6.07 Å². The van der Waals surface area contributed by atoms with E-state index in [1.807, 2.05) is 29.8 Å². The van der Waals surface area contributed by atoms with Crippen LogP contribution < -0.4 is 10.2 Å². The number of esters is 1. The Morgan fingerprint density at radius 3 is 2.81 bits per heavy atom. The number of fused-ring (bicyclic) bond motifs is 1. The molecule has 0 unspecified atom stereocenters. The molecule has 0 spiro atoms. The van der Waals surface area contributed by atoms with Gasteiger partial charge in [0.25, 0.3) is 5.91 Å². The minimum atomic E-state index is -0.365. The van der Waals surface area contributed by atoms with Gasteiger partial charge in [0.1, 0.15) is 11.6 Å². The van der Waals surface area contributed by atoms with E-state index >= 15 is 0 Å². The number of allylic oxidation sites excluding steroid dienone is 4. The topological polar surface area (TPSA) is 113 Å². The van der Waals surface area contributed by atoms with Crippen molar-refractivity contribution in [3.63, 3.8) is 0 Å². The lowest BCUT2D eigenvalue weighted by molar-refractivity contribution is -0.142. The number of nitrogens with zero attached hydrogens (tertiary/aromatic N) is 5. The molecular formula is C28H30N6O3. The number of nitriles is 1. The lowest BCUT2D eigenvalue weighted by atomic mass is 9.93. The molecule has 2 heterocycles. The molecule has 0 radical (unpaired) electrons. The first-order valence-corrected chi connectivity index (χ1v) is 12.3. The van der Waals surface area contributed by atoms with Crippen LogP contribution in [-0.4, -0.2) is 39.6 Å². The van der Waals surface area contributed by atoms with Crippen molar-refractivity contribution in [2.24, 2.45) is 13.0 Å². The first-order valence-electron chi connectivity index (χ1n) is 12.3. The Hall–Kier alpha value is -4.45. The van der Waals surface area contributed by atoms with E-state index in [1.54, 1.807) is 43.5 Å². The third-order valence-corrected chi connectivity index (χ3v) is 6.35. The predicted molar refractivity (Wildman–Crippen MR) is 140 cm³/mol. The summed E-state index contributed by atoms with van der Waals surface area (Å²) in [7, 11) is 1.94. The second kappa shape index (κ2) is 11.5. The average molecular weight is 499 g/mol. The van der Waals surface area contributed by atoms with Crippen molar-refractivity contribution in [3.05, 3.63) is 77.4 Å². The summed E-state index contributed by atoms with van der Waals surface area (Å²) >= 11 is 0. The molecule has 0 saturated carbocycles. The summed E-state index contributed by atoms with van der Waals surface area (Å²) in [5, 5.41) is 12.6. The van der Waals surface area contributed by atoms with Crippen LogP contribution in [0.15, 0.2) is 66.0 Å². The van der Waals surface area contributed by atoms with E-state index in [0.717, 1.165) is 22.6 Å². The van der Waals surface area contributed by atoms with Gasteiger partial charge >= 0.3 is 5.97 Å². The van der Waals surface area contributed by atoms with E-state index in [4.69, 9.17) is 15.0 Å². The highest BCUT2D eigenvalue weighted by Gasteiger charge is 2.22. The molecule has 37 heavy (non-hydrogen) atoms. The van der Waals surface area contributed by atoms with Gasteiger partial charge in [-0.3, -0.25) is 14.5 Å². The van der Waals surface area contributed by atoms with Crippen LogP contribution in [0.3, 0.4) is 0 Å². The molecule has 1 aliphatic rings. The average Bonchev–Trinajstić information content (AvgIpc) is 3.23. The van der Waals surface area contributed by atoms with Gasteiger partial charge in [0.05, 0.1) is 36.7 Å². The maximum atomic E-state index is 13.5. The van der Waals surface area contributed by atoms with Crippen molar-refractivity contribution in [2.75, 3.05) is 18.1 Å². The van der Waals surface area contributed by atoms with E-state index < -0.39 is 0 Å². The van der Waals surface area contributed by atoms with E-state index in [2.05, 4.69) is 23.3 Å². The fourth-order valence-corrected chi connectivity index (χ4v) is 4.33. The third kappa shape index (κ3) is 5.86. The molecule has 4 rings (SSSR count). The monoisotopic (exact) mass is 498 g/mol. The normalized spacial score (nSPS) is 14.9. The Morgan fingerprint density at radius 1 is 1.27 bits per heavy atom. The number of aromatic nitrogens is 3. The van der Waals surface area contributed by atoms with Gasteiger partial charge in [0, 0.05) is 42.5 Å². The number of pyridine rings is 1. The number of hydrogen-bond acceptors (Lipinski definition) is 7. The van der Waals surface area contributed by atoms with Crippen LogP contribution in [0, 0.1) is 17.2 Å². The van der Waals surface area contributed by atoms with Crippen molar-refractivity contribution < 1.29 is 14.3 Å². The van der Waals surface area contributed by atoms with Gasteiger partial charge < -0.3 is 14.6 Å². The van der Waals surface area contributed by atoms with Gasteiger partial charge in [-0.25, -0.2) is 9.97 Å². The quantitative estimate of drug-likeness (QED) is 0.443. The van der Waals surface area contributed by atoms with Crippen molar-refractivity contribution in [1.29, 1.82) is 5.26 Å². The standard InChI is InChI=1S/C28H30N6O3/c1-4-37-27(35)12-14-34(25-7-5-6-13-30-25)28(36)21-9-11-24-23(16-21)32-26(33(24)3)18-31-22-10-8-20(17-29)15-19(22)2/h5-11,13,16,19,31H,4,12,14-15,18H2,1-3H3/t19-/m1/s1. The first kappa shape index (κ1) is 25.6. The van der Waals surface area contributed by atoms with Crippen LogP contribution >= 0.6 is 0 Å². The minimum absolute atomic E-state index is 0.0666. The van der Waals surface area contributed by atoms with Crippen LogP contribution in [0.2, 0.25) is 0 Å². The van der Waals surface area contributed by atoms with Crippen LogP contribution in [0.4, 0.5) is 5.82 Å². The SMILES string of the molecule is CCOC(=O)CCN(C(=O)c1ccc2c(c1)nc(CNC1=CC=C(C#N)C[C@H]1C)n2C)c1ccccn1. The summed E-state index contributed by atoms with van der Waals surface area (Å²) < 4.78 is 7.03. The summed E-state index contributed by atoms with van der Waals surface area (Å²) in [6, 6.07) is 13.0. The summed E-state index contributed by atoms with van der Waals surface area (Å²) in [6.45, 7) is 4.79. The number of rotatable bonds is 9. The highest BCUT2D eigenvalue weighted by molar-refractivity contribution is 6.07. The first-order chi connectivity index (χ1) is 17.9. The number of carbonyl (C=O) groups is 2. The van der Waals surface area contributed by atoms with Gasteiger partial charge in [0.2, 0.25) is 0 Å². The van der Waals surface area contributed by atoms with Crippen molar-refractivity contribution >= 4 is 28.7 Å². The Labute approximate surface area is 216 Å². The zero-order chi connectivity index (χ0) is 26.4. The lowest BCUT2D eigenvalue weighted by Gasteiger charge is -2.21. The van der Waals surface area contributed by atoms with Gasteiger partial charge in [-0.15, -0.1) is 0 Å². The van der Waals surface area contributed by atoms with E-state index in [1.165, 1.54) is 4.90 Å². The van der Waals surface area contributed by atoms with E-state index in [-0.39, 0.29) is 37.4 Å². The number of anilines is 1. The molecule has 9 heteroatoms. The van der Waals surface area contributed by atoms with Crippen molar-refractivity contribution in [2.45, 2.75) is 33.2 Å². The molecule has 3 aromatic rings. The highest BCUT2D eigenvalue weighted by Crippen LogP contribution is 2.24. The molecule has 190 valence electrons. The molecule has 0 saturated heterocycles. The molecule has 1 aliphatic carbocycles. The van der Waals surface area contributed by atoms with Gasteiger partial charge in [-0.1, -0.05) is 13.0 Å². The number of imidazole rings is 1. The Bertz CT molecular complexity index is 1400. The number of aryl methyl sites for hydroxylation is 1. The second-order valence-corrected chi connectivity index (χ2v) is 8.87. The molecule has 1 atom stereocenters. The van der Waals surface area contributed by atoms with E-state index in [0.29, 0.717) is 29.9 Å². The smallest absolute Gasteiger partial charge is 0.307 e. The minimum Gasteiger partial charge on any atom is -0.466 e. The molecule has 9 nitrogen and oxygen atoms in total. The second-order valence-electron chi connectivity index (χ2n) is 8.87. The number of hydrogen-bond donors (Lipinski definition) is 1. The highest BCUT2D eigenvalue weighted by atomic mass is 16.5. The summed E-state index contributed by atoms with van der Waals surface area (Å²) in [5.74, 6) is 0.885. The fourth-order valence-electron chi connectivity index (χ4n) is 4.33. The summed E-state index contributed by atoms with van der Waals surface area (Å²) in [6.07, 6.45) is 6.20. The van der Waals surface area contributed by atoms with Crippen molar-refractivity contribution in [1.82, 2.24) is 19.9 Å². The summed E-state index contributed by atoms with van der Waals surface area (Å²) in [4.78, 5) is 36.1. The molecular weight excluding hydrogens is 468 g/mol. The molecule has 1 aromatic carbocycles. The third-order valence-electron chi connectivity index (χ3n) is 6.35. The maximum Gasteiger partial charge on any atom is 0.307 e. The number of carbonyl (C=O) groups excluding carboxylic acids is 2. The molecule has 1 N–H and O–H groups in total. The predicted octanol–water partition coefficient (Wildman–Crippen LogP) is 4.03. The van der Waals surface area contributed by atoms with Gasteiger partial charge in [0.15, 0.2) is 0 Å². The zero-order valence-electron chi connectivity index (χ0n) is 21.3. The Balaban J connectivity index is 1.55. The lowest BCUT2D eigenvalue weighted by Crippen LogP contribution is -2.34. The van der Waals surface area contributed by atoms with Gasteiger partial charge in [-0.05, 0) is 55.8 Å².